The molecule has 9 aromatic carbocycles. The number of hydrogen-bond acceptors (Lipinski definition) is 1. The molecule has 3 heteroatoms. The second-order valence-electron chi connectivity index (χ2n) is 14.8. The molecular weight excluding hydrogens is 703 g/mol. The standard InChI is InChI=1S/C55H37N3/c1-4-14-38(15-5-1)41-20-12-22-43(34-41)45-26-32-52-49(36-45)50-37-46(44-23-13-21-42(35-44)39-16-6-2-7-17-39)27-33-53(50)57(52)47-28-30-48(31-29-47)58-54-25-11-10-24-51(54)56-55(58)40-18-8-3-9-19-40/h1-37H. The lowest BCUT2D eigenvalue weighted by molar-refractivity contribution is 1.09. The summed E-state index contributed by atoms with van der Waals surface area (Å²) < 4.78 is 4.68. The van der Waals surface area contributed by atoms with E-state index in [2.05, 4.69) is 228 Å². The molecular formula is C55H37N3. The van der Waals surface area contributed by atoms with Gasteiger partial charge in [0.2, 0.25) is 0 Å². The quantitative estimate of drug-likeness (QED) is 0.160. The van der Waals surface area contributed by atoms with E-state index in [1.54, 1.807) is 0 Å². The van der Waals surface area contributed by atoms with Crippen molar-refractivity contribution in [3.05, 3.63) is 224 Å². The molecule has 0 atom stereocenters. The minimum absolute atomic E-state index is 0.930. The molecule has 0 saturated heterocycles. The number of rotatable bonds is 7. The van der Waals surface area contributed by atoms with E-state index in [4.69, 9.17) is 4.98 Å². The summed E-state index contributed by atoms with van der Waals surface area (Å²) in [5.41, 5.74) is 17.3. The van der Waals surface area contributed by atoms with Crippen molar-refractivity contribution in [1.29, 1.82) is 0 Å². The highest BCUT2D eigenvalue weighted by Crippen LogP contribution is 2.39. The van der Waals surface area contributed by atoms with Crippen molar-refractivity contribution in [1.82, 2.24) is 14.1 Å². The summed E-state index contributed by atoms with van der Waals surface area (Å²) in [4.78, 5) is 5.08. The molecule has 2 aromatic heterocycles. The molecule has 0 aliphatic heterocycles. The minimum atomic E-state index is 0.930. The lowest BCUT2D eigenvalue weighted by atomic mass is 9.96. The van der Waals surface area contributed by atoms with E-state index in [0.29, 0.717) is 0 Å². The van der Waals surface area contributed by atoms with Crippen LogP contribution in [0.25, 0.3) is 100 Å². The monoisotopic (exact) mass is 739 g/mol. The molecule has 2 heterocycles. The van der Waals surface area contributed by atoms with Crippen LogP contribution in [0.1, 0.15) is 0 Å². The lowest BCUT2D eigenvalue weighted by Gasteiger charge is -2.13. The number of imidazole rings is 1. The third kappa shape index (κ3) is 5.89. The SMILES string of the molecule is c1ccc(-c2cccc(-c3ccc4c(c3)c3cc(-c5cccc(-c6ccccc6)c5)ccc3n4-c3ccc(-n4c(-c5ccccc5)nc5ccccc54)cc3)c2)cc1. The summed E-state index contributed by atoms with van der Waals surface area (Å²) in [5.74, 6) is 0.930. The molecule has 0 fully saturated rings. The Morgan fingerprint density at radius 2 is 0.655 bits per heavy atom. The molecule has 0 saturated carbocycles. The first kappa shape index (κ1) is 33.6. The van der Waals surface area contributed by atoms with Crippen LogP contribution in [0.5, 0.6) is 0 Å². The summed E-state index contributed by atoms with van der Waals surface area (Å²) in [6, 6.07) is 80.6. The zero-order chi connectivity index (χ0) is 38.4. The minimum Gasteiger partial charge on any atom is -0.309 e. The Kier molecular flexibility index (Phi) is 8.15. The van der Waals surface area contributed by atoms with E-state index in [0.717, 1.165) is 33.8 Å². The first-order valence-electron chi connectivity index (χ1n) is 19.8. The Balaban J connectivity index is 1.07. The average molecular weight is 740 g/mol. The molecule has 0 aliphatic rings. The highest BCUT2D eigenvalue weighted by Gasteiger charge is 2.18. The van der Waals surface area contributed by atoms with Crippen molar-refractivity contribution in [2.24, 2.45) is 0 Å². The van der Waals surface area contributed by atoms with Gasteiger partial charge in [0, 0.05) is 27.7 Å². The van der Waals surface area contributed by atoms with E-state index < -0.39 is 0 Å². The first-order chi connectivity index (χ1) is 28.7. The summed E-state index contributed by atoms with van der Waals surface area (Å²) in [7, 11) is 0. The van der Waals surface area contributed by atoms with E-state index in [9.17, 15) is 0 Å². The highest BCUT2D eigenvalue weighted by molar-refractivity contribution is 6.11. The van der Waals surface area contributed by atoms with Gasteiger partial charge in [0.1, 0.15) is 5.82 Å². The maximum atomic E-state index is 5.08. The van der Waals surface area contributed by atoms with Gasteiger partial charge in [-0.25, -0.2) is 4.98 Å². The van der Waals surface area contributed by atoms with E-state index in [1.807, 2.05) is 6.07 Å². The second kappa shape index (κ2) is 14.1. The van der Waals surface area contributed by atoms with Gasteiger partial charge in [-0.15, -0.1) is 0 Å². The molecule has 0 amide bonds. The normalized spacial score (nSPS) is 11.4. The predicted molar refractivity (Wildman–Crippen MR) is 243 cm³/mol. The van der Waals surface area contributed by atoms with Gasteiger partial charge in [-0.2, -0.15) is 0 Å². The molecule has 58 heavy (non-hydrogen) atoms. The number of benzene rings is 9. The molecule has 0 radical (unpaired) electrons. The van der Waals surface area contributed by atoms with Crippen molar-refractivity contribution >= 4 is 32.8 Å². The highest BCUT2D eigenvalue weighted by atomic mass is 15.1. The summed E-state index contributed by atoms with van der Waals surface area (Å²) in [6.45, 7) is 0. The summed E-state index contributed by atoms with van der Waals surface area (Å²) in [5, 5.41) is 2.43. The van der Waals surface area contributed by atoms with Crippen molar-refractivity contribution in [2.45, 2.75) is 0 Å². The molecule has 11 aromatic rings. The van der Waals surface area contributed by atoms with Crippen LogP contribution in [0.15, 0.2) is 224 Å². The molecule has 0 spiro atoms. The Bertz CT molecular complexity index is 3110. The van der Waals surface area contributed by atoms with Gasteiger partial charge in [-0.05, 0) is 117 Å². The fourth-order valence-corrected chi connectivity index (χ4v) is 8.50. The topological polar surface area (TPSA) is 22.8 Å². The molecule has 0 N–H and O–H groups in total. The maximum Gasteiger partial charge on any atom is 0.145 e. The van der Waals surface area contributed by atoms with E-state index >= 15 is 0 Å². The summed E-state index contributed by atoms with van der Waals surface area (Å²) >= 11 is 0. The van der Waals surface area contributed by atoms with Gasteiger partial charge in [0.05, 0.1) is 22.1 Å². The van der Waals surface area contributed by atoms with Crippen LogP contribution in [0.4, 0.5) is 0 Å². The lowest BCUT2D eigenvalue weighted by Crippen LogP contribution is -1.99. The smallest absolute Gasteiger partial charge is 0.145 e. The van der Waals surface area contributed by atoms with Crippen LogP contribution in [0, 0.1) is 0 Å². The van der Waals surface area contributed by atoms with Crippen LogP contribution >= 0.6 is 0 Å². The third-order valence-corrected chi connectivity index (χ3v) is 11.3. The predicted octanol–water partition coefficient (Wildman–Crippen LogP) is 14.5. The molecule has 3 nitrogen and oxygen atoms in total. The van der Waals surface area contributed by atoms with Gasteiger partial charge in [0.25, 0.3) is 0 Å². The Hall–Kier alpha value is -7.75. The molecule has 11 rings (SSSR count). The Morgan fingerprint density at radius 1 is 0.259 bits per heavy atom. The fraction of sp³-hybridized carbons (Fsp3) is 0. The molecule has 0 aliphatic carbocycles. The number of nitrogens with zero attached hydrogens (tertiary/aromatic N) is 3. The molecule has 272 valence electrons. The van der Waals surface area contributed by atoms with E-state index in [1.165, 1.54) is 66.3 Å². The van der Waals surface area contributed by atoms with E-state index in [-0.39, 0.29) is 0 Å². The van der Waals surface area contributed by atoms with Gasteiger partial charge >= 0.3 is 0 Å². The largest absolute Gasteiger partial charge is 0.309 e. The summed E-state index contributed by atoms with van der Waals surface area (Å²) in [6.07, 6.45) is 0. The fourth-order valence-electron chi connectivity index (χ4n) is 8.50. The van der Waals surface area contributed by atoms with Crippen molar-refractivity contribution in [2.75, 3.05) is 0 Å². The number of para-hydroxylation sites is 2. The van der Waals surface area contributed by atoms with Crippen molar-refractivity contribution in [3.8, 4) is 67.3 Å². The Labute approximate surface area is 337 Å². The third-order valence-electron chi connectivity index (χ3n) is 11.3. The number of hydrogen-bond donors (Lipinski definition) is 0. The Morgan fingerprint density at radius 3 is 1.17 bits per heavy atom. The van der Waals surface area contributed by atoms with Crippen molar-refractivity contribution in [3.63, 3.8) is 0 Å². The molecule has 0 bridgehead atoms. The molecule has 0 unspecified atom stereocenters. The number of aromatic nitrogens is 3. The first-order valence-corrected chi connectivity index (χ1v) is 19.8. The second-order valence-corrected chi connectivity index (χ2v) is 14.8. The average Bonchev–Trinajstić information content (AvgIpc) is 3.86. The van der Waals surface area contributed by atoms with Crippen molar-refractivity contribution < 1.29 is 0 Å². The van der Waals surface area contributed by atoms with Gasteiger partial charge in [-0.3, -0.25) is 4.57 Å². The van der Waals surface area contributed by atoms with Gasteiger partial charge < -0.3 is 4.57 Å². The zero-order valence-corrected chi connectivity index (χ0v) is 31.7. The van der Waals surface area contributed by atoms with Gasteiger partial charge in [-0.1, -0.05) is 152 Å². The van der Waals surface area contributed by atoms with Crippen LogP contribution in [-0.2, 0) is 0 Å². The van der Waals surface area contributed by atoms with Gasteiger partial charge in [0.15, 0.2) is 0 Å². The number of fused-ring (bicyclic) bond motifs is 4. The van der Waals surface area contributed by atoms with Crippen LogP contribution in [0.3, 0.4) is 0 Å². The van der Waals surface area contributed by atoms with Crippen LogP contribution in [0.2, 0.25) is 0 Å². The van der Waals surface area contributed by atoms with Crippen LogP contribution in [-0.4, -0.2) is 14.1 Å². The van der Waals surface area contributed by atoms with Crippen LogP contribution < -0.4 is 0 Å². The maximum absolute atomic E-state index is 5.08. The zero-order valence-electron chi connectivity index (χ0n) is 31.7.